The number of oxime groups is 1. The molecule has 1 fully saturated rings. The Morgan fingerprint density at radius 1 is 1.15 bits per heavy atom. The molecule has 27 heavy (non-hydrogen) atoms. The molecule has 0 aromatic heterocycles. The van der Waals surface area contributed by atoms with E-state index in [2.05, 4.69) is 9.44 Å². The summed E-state index contributed by atoms with van der Waals surface area (Å²) in [5, 5.41) is 51.4. The molecule has 0 bridgehead atoms. The molecule has 13 heteroatoms. The van der Waals surface area contributed by atoms with Gasteiger partial charge in [-0.2, -0.15) is 8.42 Å². The Labute approximate surface area is 158 Å². The molecule has 0 aliphatic carbocycles. The maximum absolute atomic E-state index is 10.8. The highest BCUT2D eigenvalue weighted by Gasteiger charge is 2.44. The number of hydrogen-bond donors (Lipinski definition) is 6. The maximum Gasteiger partial charge on any atom is 0.466 e. The molecule has 1 aliphatic heterocycles. The topological polar surface area (TPSA) is 186 Å². The van der Waals surface area contributed by atoms with Crippen LogP contribution in [0.2, 0.25) is 0 Å². The summed E-state index contributed by atoms with van der Waals surface area (Å²) in [6.45, 7) is -0.631. The van der Waals surface area contributed by atoms with Crippen LogP contribution in [0.1, 0.15) is 5.56 Å². The van der Waals surface area contributed by atoms with E-state index < -0.39 is 46.9 Å². The fourth-order valence-electron chi connectivity index (χ4n) is 2.27. The van der Waals surface area contributed by atoms with Gasteiger partial charge in [-0.1, -0.05) is 29.1 Å². The van der Waals surface area contributed by atoms with Crippen LogP contribution >= 0.6 is 11.8 Å². The summed E-state index contributed by atoms with van der Waals surface area (Å²) in [5.74, 6) is 0.00742. The van der Waals surface area contributed by atoms with Crippen molar-refractivity contribution in [2.24, 2.45) is 5.16 Å². The van der Waals surface area contributed by atoms with E-state index in [0.29, 0.717) is 17.3 Å². The Morgan fingerprint density at radius 2 is 1.78 bits per heavy atom. The fraction of sp³-hybridized carbons (Fsp3) is 0.500. The van der Waals surface area contributed by atoms with Crippen LogP contribution in [0, 0.1) is 0 Å². The molecule has 1 aromatic rings. The third-order valence-electron chi connectivity index (χ3n) is 3.63. The molecular formula is C14H19NO10S2. The van der Waals surface area contributed by atoms with Crippen molar-refractivity contribution in [3.05, 3.63) is 29.8 Å². The third kappa shape index (κ3) is 6.29. The van der Waals surface area contributed by atoms with Gasteiger partial charge in [-0.3, -0.25) is 4.55 Å². The Hall–Kier alpha value is -1.45. The molecule has 0 radical (unpaired) electrons. The van der Waals surface area contributed by atoms with Crippen molar-refractivity contribution in [3.8, 4) is 5.75 Å². The van der Waals surface area contributed by atoms with Gasteiger partial charge in [0.15, 0.2) is 0 Å². The number of phenolic OH excluding ortho intramolecular Hbond substituents is 1. The molecule has 1 aromatic carbocycles. The van der Waals surface area contributed by atoms with E-state index in [9.17, 15) is 34.0 Å². The zero-order valence-corrected chi connectivity index (χ0v) is 15.3. The number of ether oxygens (including phenoxy) is 1. The van der Waals surface area contributed by atoms with E-state index in [1.54, 1.807) is 0 Å². The van der Waals surface area contributed by atoms with Crippen LogP contribution in [-0.4, -0.2) is 80.0 Å². The first kappa shape index (κ1) is 21.8. The van der Waals surface area contributed by atoms with Crippen molar-refractivity contribution in [1.82, 2.24) is 0 Å². The van der Waals surface area contributed by atoms with Gasteiger partial charge < -0.3 is 30.3 Å². The molecule has 1 aliphatic rings. The number of aliphatic hydroxyl groups is 4. The second-order valence-electron chi connectivity index (χ2n) is 5.65. The van der Waals surface area contributed by atoms with Crippen molar-refractivity contribution >= 4 is 27.2 Å². The molecular weight excluding hydrogens is 406 g/mol. The first-order valence-electron chi connectivity index (χ1n) is 7.58. The number of nitrogens with zero attached hydrogens (tertiary/aromatic N) is 1. The molecule has 1 heterocycles. The molecule has 0 saturated carbocycles. The minimum absolute atomic E-state index is 0.00742. The van der Waals surface area contributed by atoms with Gasteiger partial charge in [-0.15, -0.1) is 0 Å². The standard InChI is InChI=1S/C14H19NO10S2/c16-6-9-11(18)12(19)13(20)14(24-9)26-10(15-25-27(21,22)23)5-7-1-3-8(17)4-2-7/h1-4,9,11-14,16-20H,5-6H2,(H,21,22,23)/b15-10+/t9?,11-,12+,13?,14+/m1/s1. The predicted octanol–water partition coefficient (Wildman–Crippen LogP) is -1.40. The molecule has 2 rings (SSSR count). The highest BCUT2D eigenvalue weighted by molar-refractivity contribution is 8.14. The SMILES string of the molecule is O=S(=O)(O)O/N=C(\Cc1ccc(O)cc1)S[C@@H]1OC(CO)[C@@H](O)[C@H](O)C1O. The van der Waals surface area contributed by atoms with Gasteiger partial charge in [0.25, 0.3) is 0 Å². The second kappa shape index (κ2) is 9.16. The van der Waals surface area contributed by atoms with Crippen LogP contribution < -0.4 is 0 Å². The number of phenols is 1. The molecule has 6 N–H and O–H groups in total. The molecule has 0 spiro atoms. The monoisotopic (exact) mass is 425 g/mol. The summed E-state index contributed by atoms with van der Waals surface area (Å²) in [7, 11) is -4.88. The van der Waals surface area contributed by atoms with Gasteiger partial charge in [0, 0.05) is 6.42 Å². The first-order chi connectivity index (χ1) is 12.6. The lowest BCUT2D eigenvalue weighted by Gasteiger charge is -2.39. The number of thioether (sulfide) groups is 1. The number of hydrogen-bond acceptors (Lipinski definition) is 11. The third-order valence-corrected chi connectivity index (χ3v) is 5.00. The second-order valence-corrected chi connectivity index (χ2v) is 7.82. The Bertz CT molecular complexity index is 752. The minimum atomic E-state index is -4.88. The van der Waals surface area contributed by atoms with Gasteiger partial charge in [0.1, 0.15) is 40.6 Å². The van der Waals surface area contributed by atoms with E-state index in [4.69, 9.17) is 9.29 Å². The van der Waals surface area contributed by atoms with E-state index in [1.165, 1.54) is 24.3 Å². The highest BCUT2D eigenvalue weighted by atomic mass is 32.3. The lowest BCUT2D eigenvalue weighted by atomic mass is 10.0. The number of aromatic hydroxyl groups is 1. The quantitative estimate of drug-likeness (QED) is 0.136. The van der Waals surface area contributed by atoms with E-state index in [0.717, 1.165) is 0 Å². The van der Waals surface area contributed by atoms with E-state index >= 15 is 0 Å². The zero-order chi connectivity index (χ0) is 20.2. The zero-order valence-electron chi connectivity index (χ0n) is 13.7. The van der Waals surface area contributed by atoms with E-state index in [1.807, 2.05) is 0 Å². The van der Waals surface area contributed by atoms with Gasteiger partial charge in [0.05, 0.1) is 6.61 Å². The average Bonchev–Trinajstić information content (AvgIpc) is 2.61. The van der Waals surface area contributed by atoms with Crippen LogP contribution in [0.25, 0.3) is 0 Å². The summed E-state index contributed by atoms with van der Waals surface area (Å²) in [5.41, 5.74) is -0.649. The summed E-state index contributed by atoms with van der Waals surface area (Å²) in [6, 6.07) is 5.81. The summed E-state index contributed by atoms with van der Waals surface area (Å²) in [4.78, 5) is 0. The van der Waals surface area contributed by atoms with Crippen LogP contribution in [0.5, 0.6) is 5.75 Å². The van der Waals surface area contributed by atoms with Crippen molar-refractivity contribution in [1.29, 1.82) is 0 Å². The molecule has 5 atom stereocenters. The van der Waals surface area contributed by atoms with Gasteiger partial charge in [-0.25, -0.2) is 4.28 Å². The lowest BCUT2D eigenvalue weighted by molar-refractivity contribution is -0.205. The van der Waals surface area contributed by atoms with Gasteiger partial charge in [0.2, 0.25) is 0 Å². The Morgan fingerprint density at radius 3 is 2.33 bits per heavy atom. The number of benzene rings is 1. The largest absolute Gasteiger partial charge is 0.508 e. The van der Waals surface area contributed by atoms with Gasteiger partial charge in [-0.05, 0) is 17.7 Å². The molecule has 1 saturated heterocycles. The molecule has 11 nitrogen and oxygen atoms in total. The summed E-state index contributed by atoms with van der Waals surface area (Å²) < 4.78 is 39.6. The van der Waals surface area contributed by atoms with Crippen LogP contribution in [0.3, 0.4) is 0 Å². The highest BCUT2D eigenvalue weighted by Crippen LogP contribution is 2.30. The van der Waals surface area contributed by atoms with Crippen LogP contribution in [-0.2, 0) is 25.8 Å². The smallest absolute Gasteiger partial charge is 0.466 e. The van der Waals surface area contributed by atoms with Crippen molar-refractivity contribution < 1.29 is 47.5 Å². The minimum Gasteiger partial charge on any atom is -0.508 e. The fourth-order valence-corrected chi connectivity index (χ4v) is 3.60. The maximum atomic E-state index is 10.8. The molecule has 2 unspecified atom stereocenters. The average molecular weight is 425 g/mol. The Kier molecular flexibility index (Phi) is 7.41. The lowest BCUT2D eigenvalue weighted by Crippen LogP contribution is -2.57. The van der Waals surface area contributed by atoms with Crippen molar-refractivity contribution in [3.63, 3.8) is 0 Å². The van der Waals surface area contributed by atoms with Crippen LogP contribution in [0.4, 0.5) is 0 Å². The summed E-state index contributed by atoms with van der Waals surface area (Å²) >= 11 is 0.671. The van der Waals surface area contributed by atoms with Crippen LogP contribution in [0.15, 0.2) is 29.4 Å². The molecule has 0 amide bonds. The van der Waals surface area contributed by atoms with E-state index in [-0.39, 0.29) is 17.2 Å². The summed E-state index contributed by atoms with van der Waals surface area (Å²) in [6.07, 6.45) is -5.93. The van der Waals surface area contributed by atoms with Crippen molar-refractivity contribution in [2.75, 3.05) is 6.61 Å². The predicted molar refractivity (Wildman–Crippen MR) is 93.2 cm³/mol. The number of rotatable bonds is 6. The normalized spacial score (nSPS) is 29.5. The Balaban J connectivity index is 2.20. The van der Waals surface area contributed by atoms with Crippen molar-refractivity contribution in [2.45, 2.75) is 36.3 Å². The molecule has 152 valence electrons. The first-order valence-corrected chi connectivity index (χ1v) is 9.83. The number of aliphatic hydroxyl groups excluding tert-OH is 4. The van der Waals surface area contributed by atoms with Gasteiger partial charge >= 0.3 is 10.4 Å².